The Morgan fingerprint density at radius 2 is 1.61 bits per heavy atom. The zero-order valence-electron chi connectivity index (χ0n) is 18.3. The molecule has 0 aromatic heterocycles. The number of rotatable bonds is 8. The Morgan fingerprint density at radius 3 is 2.26 bits per heavy atom. The van der Waals surface area contributed by atoms with Gasteiger partial charge in [-0.1, -0.05) is 25.3 Å². The number of benzene rings is 2. The molecule has 1 aliphatic rings. The van der Waals surface area contributed by atoms with Crippen LogP contribution >= 0.6 is 11.8 Å². The van der Waals surface area contributed by atoms with Gasteiger partial charge in [0.25, 0.3) is 0 Å². The number of carbonyl (C=O) groups excluding carboxylic acids is 2. The predicted octanol–water partition coefficient (Wildman–Crippen LogP) is 5.34. The fourth-order valence-electron chi connectivity index (χ4n) is 3.64. The SMILES string of the molecule is COc1cc(NC(=O)C(C)Sc2cccc(NC(=O)C3CCCCC3)c2)cc(OC)c1. The minimum absolute atomic E-state index is 0.0969. The third-order valence-electron chi connectivity index (χ3n) is 5.38. The molecular formula is C24H30N2O4S. The molecule has 0 saturated heterocycles. The largest absolute Gasteiger partial charge is 0.497 e. The molecule has 6 nitrogen and oxygen atoms in total. The molecule has 166 valence electrons. The molecule has 1 unspecified atom stereocenters. The van der Waals surface area contributed by atoms with Crippen molar-refractivity contribution in [2.75, 3.05) is 24.9 Å². The van der Waals surface area contributed by atoms with Gasteiger partial charge in [0.1, 0.15) is 11.5 Å². The monoisotopic (exact) mass is 442 g/mol. The van der Waals surface area contributed by atoms with Crippen molar-refractivity contribution in [1.82, 2.24) is 0 Å². The number of carbonyl (C=O) groups is 2. The Hall–Kier alpha value is -2.67. The van der Waals surface area contributed by atoms with Gasteiger partial charge in [-0.2, -0.15) is 0 Å². The lowest BCUT2D eigenvalue weighted by Crippen LogP contribution is -2.24. The van der Waals surface area contributed by atoms with E-state index in [9.17, 15) is 9.59 Å². The summed E-state index contributed by atoms with van der Waals surface area (Å²) in [6.07, 6.45) is 5.40. The minimum atomic E-state index is -0.332. The maximum Gasteiger partial charge on any atom is 0.237 e. The van der Waals surface area contributed by atoms with Gasteiger partial charge in [0, 0.05) is 40.4 Å². The lowest BCUT2D eigenvalue weighted by molar-refractivity contribution is -0.120. The Kier molecular flexibility index (Phi) is 8.23. The number of methoxy groups -OCH3 is 2. The topological polar surface area (TPSA) is 76.7 Å². The summed E-state index contributed by atoms with van der Waals surface area (Å²) in [4.78, 5) is 26.1. The van der Waals surface area contributed by atoms with Gasteiger partial charge in [-0.25, -0.2) is 0 Å². The maximum atomic E-state index is 12.7. The first-order chi connectivity index (χ1) is 15.0. The van der Waals surface area contributed by atoms with E-state index in [4.69, 9.17) is 9.47 Å². The molecule has 1 aliphatic carbocycles. The Balaban J connectivity index is 1.59. The molecule has 0 radical (unpaired) electrons. The maximum absolute atomic E-state index is 12.7. The normalized spacial score (nSPS) is 15.1. The smallest absolute Gasteiger partial charge is 0.237 e. The average Bonchev–Trinajstić information content (AvgIpc) is 2.79. The molecule has 31 heavy (non-hydrogen) atoms. The van der Waals surface area contributed by atoms with Gasteiger partial charge in [-0.15, -0.1) is 11.8 Å². The fraction of sp³-hybridized carbons (Fsp3) is 0.417. The number of anilines is 2. The van der Waals surface area contributed by atoms with Gasteiger partial charge in [-0.05, 0) is 38.0 Å². The lowest BCUT2D eigenvalue weighted by atomic mass is 9.88. The highest BCUT2D eigenvalue weighted by atomic mass is 32.2. The first-order valence-corrected chi connectivity index (χ1v) is 11.5. The molecule has 0 spiro atoms. The van der Waals surface area contributed by atoms with Crippen molar-refractivity contribution in [3.8, 4) is 11.5 Å². The van der Waals surface area contributed by atoms with Gasteiger partial charge in [0.15, 0.2) is 0 Å². The van der Waals surface area contributed by atoms with E-state index in [0.29, 0.717) is 17.2 Å². The summed E-state index contributed by atoms with van der Waals surface area (Å²) in [5.41, 5.74) is 1.38. The second-order valence-electron chi connectivity index (χ2n) is 7.70. The van der Waals surface area contributed by atoms with E-state index in [2.05, 4.69) is 10.6 Å². The summed E-state index contributed by atoms with van der Waals surface area (Å²) in [6.45, 7) is 1.85. The van der Waals surface area contributed by atoms with Crippen molar-refractivity contribution in [3.63, 3.8) is 0 Å². The molecular weight excluding hydrogens is 412 g/mol. The van der Waals surface area contributed by atoms with Crippen molar-refractivity contribution < 1.29 is 19.1 Å². The number of hydrogen-bond donors (Lipinski definition) is 2. The molecule has 2 aromatic carbocycles. The number of nitrogens with one attached hydrogen (secondary N) is 2. The summed E-state index contributed by atoms with van der Waals surface area (Å²) < 4.78 is 10.5. The van der Waals surface area contributed by atoms with Crippen LogP contribution in [0.5, 0.6) is 11.5 Å². The summed E-state index contributed by atoms with van der Waals surface area (Å²) in [6, 6.07) is 12.9. The molecule has 2 aromatic rings. The van der Waals surface area contributed by atoms with E-state index in [1.807, 2.05) is 31.2 Å². The van der Waals surface area contributed by atoms with Crippen LogP contribution in [0.15, 0.2) is 47.4 Å². The minimum Gasteiger partial charge on any atom is -0.497 e. The van der Waals surface area contributed by atoms with Gasteiger partial charge in [0.05, 0.1) is 19.5 Å². The molecule has 1 fully saturated rings. The zero-order chi connectivity index (χ0) is 22.2. The van der Waals surface area contributed by atoms with Crippen LogP contribution < -0.4 is 20.1 Å². The summed E-state index contributed by atoms with van der Waals surface area (Å²) in [7, 11) is 3.14. The second-order valence-corrected chi connectivity index (χ2v) is 9.12. The first-order valence-electron chi connectivity index (χ1n) is 10.6. The molecule has 0 heterocycles. The Bertz CT molecular complexity index is 890. The molecule has 3 rings (SSSR count). The van der Waals surface area contributed by atoms with Gasteiger partial charge < -0.3 is 20.1 Å². The lowest BCUT2D eigenvalue weighted by Gasteiger charge is -2.21. The number of amides is 2. The average molecular weight is 443 g/mol. The summed E-state index contributed by atoms with van der Waals surface area (Å²) >= 11 is 1.44. The first kappa shape index (κ1) is 23.0. The zero-order valence-corrected chi connectivity index (χ0v) is 19.1. The fourth-order valence-corrected chi connectivity index (χ4v) is 4.56. The van der Waals surface area contributed by atoms with E-state index in [1.165, 1.54) is 18.2 Å². The number of ether oxygens (including phenoxy) is 2. The van der Waals surface area contributed by atoms with E-state index in [1.54, 1.807) is 32.4 Å². The highest BCUT2D eigenvalue weighted by Crippen LogP contribution is 2.30. The van der Waals surface area contributed by atoms with Crippen LogP contribution in [0.2, 0.25) is 0 Å². The van der Waals surface area contributed by atoms with E-state index < -0.39 is 0 Å². The molecule has 0 aliphatic heterocycles. The summed E-state index contributed by atoms with van der Waals surface area (Å²) in [5, 5.41) is 5.62. The number of hydrogen-bond acceptors (Lipinski definition) is 5. The van der Waals surface area contributed by atoms with Crippen LogP contribution in [0.3, 0.4) is 0 Å². The third kappa shape index (κ3) is 6.66. The van der Waals surface area contributed by atoms with Gasteiger partial charge >= 0.3 is 0 Å². The number of thioether (sulfide) groups is 1. The molecule has 7 heteroatoms. The van der Waals surface area contributed by atoms with Crippen molar-refractivity contribution in [3.05, 3.63) is 42.5 Å². The Morgan fingerprint density at radius 1 is 0.935 bits per heavy atom. The molecule has 1 saturated carbocycles. The van der Waals surface area contributed by atoms with Crippen molar-refractivity contribution in [1.29, 1.82) is 0 Å². The van der Waals surface area contributed by atoms with Crippen LogP contribution in [0.4, 0.5) is 11.4 Å². The van der Waals surface area contributed by atoms with Crippen molar-refractivity contribution in [2.45, 2.75) is 49.2 Å². The van der Waals surface area contributed by atoms with E-state index in [-0.39, 0.29) is 23.0 Å². The van der Waals surface area contributed by atoms with Crippen molar-refractivity contribution >= 4 is 35.0 Å². The van der Waals surface area contributed by atoms with Gasteiger partial charge in [-0.3, -0.25) is 9.59 Å². The van der Waals surface area contributed by atoms with Crippen LogP contribution in [0.25, 0.3) is 0 Å². The second kappa shape index (κ2) is 11.1. The van der Waals surface area contributed by atoms with Crippen LogP contribution in [0.1, 0.15) is 39.0 Å². The van der Waals surface area contributed by atoms with E-state index in [0.717, 1.165) is 36.3 Å². The predicted molar refractivity (Wildman–Crippen MR) is 125 cm³/mol. The third-order valence-corrected chi connectivity index (χ3v) is 6.47. The van der Waals surface area contributed by atoms with Crippen LogP contribution in [-0.2, 0) is 9.59 Å². The van der Waals surface area contributed by atoms with Crippen molar-refractivity contribution in [2.24, 2.45) is 5.92 Å². The molecule has 0 bridgehead atoms. The highest BCUT2D eigenvalue weighted by Gasteiger charge is 2.21. The van der Waals surface area contributed by atoms with Crippen LogP contribution in [-0.4, -0.2) is 31.3 Å². The quantitative estimate of drug-likeness (QED) is 0.540. The van der Waals surface area contributed by atoms with Gasteiger partial charge in [0.2, 0.25) is 11.8 Å². The van der Waals surface area contributed by atoms with Crippen LogP contribution in [0, 0.1) is 5.92 Å². The highest BCUT2D eigenvalue weighted by molar-refractivity contribution is 8.00. The molecule has 1 atom stereocenters. The molecule has 2 amide bonds. The Labute approximate surface area is 188 Å². The standard InChI is InChI=1S/C24H30N2O4S/c1-16(23(27)26-19-12-20(29-2)15-21(13-19)30-3)31-22-11-7-10-18(14-22)25-24(28)17-8-5-4-6-9-17/h7,10-17H,4-6,8-9H2,1-3H3,(H,25,28)(H,26,27). The molecule has 2 N–H and O–H groups in total. The summed E-state index contributed by atoms with van der Waals surface area (Å²) in [5.74, 6) is 1.29. The van der Waals surface area contributed by atoms with E-state index >= 15 is 0 Å².